The van der Waals surface area contributed by atoms with E-state index in [9.17, 15) is 5.11 Å². The third-order valence-electron chi connectivity index (χ3n) is 3.65. The van der Waals surface area contributed by atoms with Gasteiger partial charge in [-0.15, -0.1) is 0 Å². The number of phenolic OH excluding ortho intramolecular Hbond substituents is 1. The Morgan fingerprint density at radius 1 is 1.38 bits per heavy atom. The van der Waals surface area contributed by atoms with Gasteiger partial charge in [0.1, 0.15) is 5.75 Å². The molecule has 1 aliphatic rings. The molecule has 1 fully saturated rings. The van der Waals surface area contributed by atoms with Gasteiger partial charge in [-0.3, -0.25) is 0 Å². The predicted octanol–water partition coefficient (Wildman–Crippen LogP) is 2.71. The average Bonchev–Trinajstić information content (AvgIpc) is 2.22. The van der Waals surface area contributed by atoms with Crippen molar-refractivity contribution in [3.8, 4) is 5.75 Å². The number of hydrogen-bond donors (Lipinski definition) is 2. The zero-order valence-corrected chi connectivity index (χ0v) is 10.00. The summed E-state index contributed by atoms with van der Waals surface area (Å²) in [6, 6.07) is 7.68. The Kier molecular flexibility index (Phi) is 3.49. The molecule has 0 unspecified atom stereocenters. The minimum Gasteiger partial charge on any atom is -0.508 e. The predicted molar refractivity (Wildman–Crippen MR) is 66.6 cm³/mol. The fourth-order valence-electron chi connectivity index (χ4n) is 2.58. The van der Waals surface area contributed by atoms with Crippen molar-refractivity contribution in [2.75, 3.05) is 13.1 Å². The van der Waals surface area contributed by atoms with Gasteiger partial charge < -0.3 is 10.4 Å². The van der Waals surface area contributed by atoms with E-state index >= 15 is 0 Å². The van der Waals surface area contributed by atoms with Gasteiger partial charge in [0.05, 0.1) is 0 Å². The maximum absolute atomic E-state index is 9.46. The average molecular weight is 219 g/mol. The summed E-state index contributed by atoms with van der Waals surface area (Å²) >= 11 is 0. The van der Waals surface area contributed by atoms with Gasteiger partial charge in [-0.25, -0.2) is 0 Å². The van der Waals surface area contributed by atoms with Crippen LogP contribution >= 0.6 is 0 Å². The monoisotopic (exact) mass is 219 g/mol. The first kappa shape index (κ1) is 11.5. The molecule has 0 saturated heterocycles. The zero-order valence-electron chi connectivity index (χ0n) is 10.00. The lowest BCUT2D eigenvalue weighted by Gasteiger charge is -2.42. The Bertz CT molecular complexity index is 344. The smallest absolute Gasteiger partial charge is 0.115 e. The first-order chi connectivity index (χ1) is 7.74. The molecule has 0 radical (unpaired) electrons. The van der Waals surface area contributed by atoms with E-state index in [0.717, 1.165) is 19.5 Å². The van der Waals surface area contributed by atoms with Gasteiger partial charge >= 0.3 is 0 Å². The second-order valence-corrected chi connectivity index (χ2v) is 4.98. The Morgan fingerprint density at radius 2 is 2.19 bits per heavy atom. The van der Waals surface area contributed by atoms with E-state index in [2.05, 4.69) is 18.3 Å². The molecule has 2 nitrogen and oxygen atoms in total. The van der Waals surface area contributed by atoms with Crippen molar-refractivity contribution < 1.29 is 5.11 Å². The zero-order chi connectivity index (χ0) is 11.4. The highest BCUT2D eigenvalue weighted by Crippen LogP contribution is 2.43. The lowest BCUT2D eigenvalue weighted by molar-refractivity contribution is 0.131. The van der Waals surface area contributed by atoms with E-state index in [1.165, 1.54) is 24.8 Å². The number of nitrogens with one attached hydrogen (secondary N) is 1. The molecule has 16 heavy (non-hydrogen) atoms. The van der Waals surface area contributed by atoms with E-state index in [0.29, 0.717) is 11.2 Å². The van der Waals surface area contributed by atoms with Crippen LogP contribution < -0.4 is 5.32 Å². The normalized spacial score (nSPS) is 18.1. The van der Waals surface area contributed by atoms with Crippen molar-refractivity contribution in [2.24, 2.45) is 5.41 Å². The van der Waals surface area contributed by atoms with Crippen LogP contribution in [0.5, 0.6) is 5.75 Å². The first-order valence-electron chi connectivity index (χ1n) is 6.23. The molecule has 0 spiro atoms. The fourth-order valence-corrected chi connectivity index (χ4v) is 2.58. The highest BCUT2D eigenvalue weighted by Gasteiger charge is 2.36. The third-order valence-corrected chi connectivity index (χ3v) is 3.65. The lowest BCUT2D eigenvalue weighted by Crippen LogP contribution is -2.41. The molecule has 0 amide bonds. The van der Waals surface area contributed by atoms with Crippen molar-refractivity contribution >= 4 is 0 Å². The topological polar surface area (TPSA) is 32.3 Å². The van der Waals surface area contributed by atoms with Gasteiger partial charge in [0, 0.05) is 6.54 Å². The standard InChI is InChI=1S/C14H21NO/c1-2-15-11-14(7-4-8-14)10-12-5-3-6-13(16)9-12/h3,5-6,9,15-16H,2,4,7-8,10-11H2,1H3. The second kappa shape index (κ2) is 4.88. The summed E-state index contributed by atoms with van der Waals surface area (Å²) in [6.45, 7) is 4.31. The molecule has 1 saturated carbocycles. The molecule has 0 bridgehead atoms. The van der Waals surface area contributed by atoms with Gasteiger partial charge in [0.15, 0.2) is 0 Å². The van der Waals surface area contributed by atoms with E-state index in [1.807, 2.05) is 12.1 Å². The molecular formula is C14H21NO. The molecule has 0 heterocycles. The highest BCUT2D eigenvalue weighted by atomic mass is 16.3. The van der Waals surface area contributed by atoms with Gasteiger partial charge in [0.25, 0.3) is 0 Å². The summed E-state index contributed by atoms with van der Waals surface area (Å²) in [5.74, 6) is 0.385. The van der Waals surface area contributed by atoms with E-state index < -0.39 is 0 Å². The van der Waals surface area contributed by atoms with E-state index in [4.69, 9.17) is 0 Å². The summed E-state index contributed by atoms with van der Waals surface area (Å²) < 4.78 is 0. The van der Waals surface area contributed by atoms with Gasteiger partial charge in [-0.1, -0.05) is 25.5 Å². The van der Waals surface area contributed by atoms with Crippen LogP contribution in [-0.4, -0.2) is 18.2 Å². The van der Waals surface area contributed by atoms with Crippen LogP contribution in [0.2, 0.25) is 0 Å². The molecule has 0 aliphatic heterocycles. The van der Waals surface area contributed by atoms with Crippen LogP contribution in [0.1, 0.15) is 31.7 Å². The second-order valence-electron chi connectivity index (χ2n) is 4.98. The van der Waals surface area contributed by atoms with Crippen molar-refractivity contribution in [1.29, 1.82) is 0 Å². The summed E-state index contributed by atoms with van der Waals surface area (Å²) in [7, 11) is 0. The Balaban J connectivity index is 2.01. The summed E-state index contributed by atoms with van der Waals surface area (Å²) in [5.41, 5.74) is 1.71. The number of phenols is 1. The number of hydrogen-bond acceptors (Lipinski definition) is 2. The van der Waals surface area contributed by atoms with Crippen molar-refractivity contribution in [3.05, 3.63) is 29.8 Å². The first-order valence-corrected chi connectivity index (χ1v) is 6.23. The fraction of sp³-hybridized carbons (Fsp3) is 0.571. The molecule has 2 N–H and O–H groups in total. The summed E-state index contributed by atoms with van der Waals surface area (Å²) in [6.07, 6.45) is 5.07. The summed E-state index contributed by atoms with van der Waals surface area (Å²) in [4.78, 5) is 0. The van der Waals surface area contributed by atoms with Crippen LogP contribution in [0.15, 0.2) is 24.3 Å². The third kappa shape index (κ3) is 2.56. The molecule has 0 aromatic heterocycles. The molecule has 1 aromatic carbocycles. The highest BCUT2D eigenvalue weighted by molar-refractivity contribution is 5.28. The Hall–Kier alpha value is -1.02. The Morgan fingerprint density at radius 3 is 2.75 bits per heavy atom. The van der Waals surface area contributed by atoms with Crippen LogP contribution in [-0.2, 0) is 6.42 Å². The van der Waals surface area contributed by atoms with Crippen LogP contribution in [0.4, 0.5) is 0 Å². The van der Waals surface area contributed by atoms with E-state index in [1.54, 1.807) is 6.07 Å². The molecular weight excluding hydrogens is 198 g/mol. The number of aromatic hydroxyl groups is 1. The largest absolute Gasteiger partial charge is 0.508 e. The molecule has 2 heteroatoms. The quantitative estimate of drug-likeness (QED) is 0.798. The van der Waals surface area contributed by atoms with Crippen LogP contribution in [0.25, 0.3) is 0 Å². The van der Waals surface area contributed by atoms with Crippen molar-refractivity contribution in [2.45, 2.75) is 32.6 Å². The molecule has 2 rings (SSSR count). The molecule has 88 valence electrons. The van der Waals surface area contributed by atoms with Crippen molar-refractivity contribution in [1.82, 2.24) is 5.32 Å². The SMILES string of the molecule is CCNCC1(Cc2cccc(O)c2)CCC1. The van der Waals surface area contributed by atoms with Gasteiger partial charge in [0.2, 0.25) is 0 Å². The minimum atomic E-state index is 0.385. The number of rotatable bonds is 5. The van der Waals surface area contributed by atoms with Gasteiger partial charge in [-0.05, 0) is 48.9 Å². The maximum Gasteiger partial charge on any atom is 0.115 e. The number of benzene rings is 1. The molecule has 1 aromatic rings. The van der Waals surface area contributed by atoms with Crippen molar-refractivity contribution in [3.63, 3.8) is 0 Å². The minimum absolute atomic E-state index is 0.385. The maximum atomic E-state index is 9.46. The van der Waals surface area contributed by atoms with Crippen LogP contribution in [0, 0.1) is 5.41 Å². The van der Waals surface area contributed by atoms with Gasteiger partial charge in [-0.2, -0.15) is 0 Å². The van der Waals surface area contributed by atoms with Crippen LogP contribution in [0.3, 0.4) is 0 Å². The lowest BCUT2D eigenvalue weighted by atomic mass is 9.65. The molecule has 0 atom stereocenters. The summed E-state index contributed by atoms with van der Waals surface area (Å²) in [5, 5.41) is 12.9. The molecule has 1 aliphatic carbocycles. The Labute approximate surface area is 97.7 Å². The van der Waals surface area contributed by atoms with E-state index in [-0.39, 0.29) is 0 Å².